The van der Waals surface area contributed by atoms with E-state index >= 15 is 0 Å². The van der Waals surface area contributed by atoms with Crippen LogP contribution in [0.15, 0.2) is 18.2 Å². The zero-order valence-corrected chi connectivity index (χ0v) is 19.7. The number of esters is 1. The second-order valence-electron chi connectivity index (χ2n) is 9.68. The molecule has 1 aromatic rings. The average Bonchev–Trinajstić information content (AvgIpc) is 3.37. The van der Waals surface area contributed by atoms with Crippen molar-refractivity contribution < 1.29 is 38.0 Å². The first-order chi connectivity index (χ1) is 15.7. The maximum atomic E-state index is 12.8. The van der Waals surface area contributed by atoms with E-state index in [-0.39, 0.29) is 31.0 Å². The predicted octanol–water partition coefficient (Wildman–Crippen LogP) is 3.50. The zero-order valence-electron chi connectivity index (χ0n) is 19.7. The number of carbonyl (C=O) groups is 2. The monoisotopic (exact) mass is 463 g/mol. The summed E-state index contributed by atoms with van der Waals surface area (Å²) in [6.07, 6.45) is 0.583. The summed E-state index contributed by atoms with van der Waals surface area (Å²) in [5.74, 6) is -0.296. The third kappa shape index (κ3) is 5.52. The minimum Gasteiger partial charge on any atom is -0.466 e. The number of ether oxygens (including phenoxy) is 6. The Kier molecular flexibility index (Phi) is 6.72. The van der Waals surface area contributed by atoms with E-state index in [1.54, 1.807) is 6.92 Å². The molecule has 1 saturated carbocycles. The van der Waals surface area contributed by atoms with Crippen molar-refractivity contribution in [1.82, 2.24) is 5.32 Å². The van der Waals surface area contributed by atoms with E-state index in [0.29, 0.717) is 44.2 Å². The lowest BCUT2D eigenvalue weighted by molar-refractivity contribution is -0.197. The van der Waals surface area contributed by atoms with Crippen molar-refractivity contribution in [3.63, 3.8) is 0 Å². The van der Waals surface area contributed by atoms with E-state index in [2.05, 4.69) is 5.32 Å². The number of alkyl carbamates (subject to hydrolysis) is 1. The molecule has 4 rings (SSSR count). The third-order valence-corrected chi connectivity index (χ3v) is 6.10. The van der Waals surface area contributed by atoms with E-state index in [4.69, 9.17) is 28.4 Å². The molecular formula is C24H33NO8. The van der Waals surface area contributed by atoms with Gasteiger partial charge in [0.1, 0.15) is 5.60 Å². The summed E-state index contributed by atoms with van der Waals surface area (Å²) in [5.41, 5.74) is 0.287. The van der Waals surface area contributed by atoms with Crippen molar-refractivity contribution in [2.75, 3.05) is 26.6 Å². The van der Waals surface area contributed by atoms with Gasteiger partial charge in [0, 0.05) is 24.8 Å². The molecule has 1 spiro atoms. The van der Waals surface area contributed by atoms with Crippen LogP contribution in [0.3, 0.4) is 0 Å². The molecule has 0 aromatic heterocycles. The number of fused-ring (bicyclic) bond motifs is 1. The van der Waals surface area contributed by atoms with Crippen LogP contribution < -0.4 is 14.8 Å². The molecule has 2 fully saturated rings. The first-order valence-corrected chi connectivity index (χ1v) is 11.5. The van der Waals surface area contributed by atoms with E-state index < -0.39 is 23.5 Å². The van der Waals surface area contributed by atoms with E-state index in [1.165, 1.54) is 0 Å². The number of rotatable bonds is 5. The molecule has 1 saturated heterocycles. The molecule has 2 heterocycles. The molecule has 0 radical (unpaired) electrons. The molecule has 182 valence electrons. The summed E-state index contributed by atoms with van der Waals surface area (Å²) in [5, 5.41) is 3.04. The Morgan fingerprint density at radius 2 is 1.85 bits per heavy atom. The molecular weight excluding hydrogens is 430 g/mol. The van der Waals surface area contributed by atoms with Crippen LogP contribution in [0.4, 0.5) is 4.79 Å². The molecule has 3 aliphatic rings. The van der Waals surface area contributed by atoms with Crippen molar-refractivity contribution in [2.24, 2.45) is 5.92 Å². The van der Waals surface area contributed by atoms with Crippen LogP contribution in [-0.2, 0) is 23.7 Å². The third-order valence-electron chi connectivity index (χ3n) is 6.10. The summed E-state index contributed by atoms with van der Waals surface area (Å²) in [4.78, 5) is 25.3. The second kappa shape index (κ2) is 9.38. The van der Waals surface area contributed by atoms with Crippen LogP contribution in [0.2, 0.25) is 0 Å². The van der Waals surface area contributed by atoms with Crippen LogP contribution in [-0.4, -0.2) is 56.1 Å². The minimum absolute atomic E-state index is 0.129. The first kappa shape index (κ1) is 23.6. The first-order valence-electron chi connectivity index (χ1n) is 11.5. The van der Waals surface area contributed by atoms with Crippen molar-refractivity contribution in [3.8, 4) is 11.5 Å². The van der Waals surface area contributed by atoms with E-state index in [0.717, 1.165) is 5.56 Å². The molecule has 1 aromatic carbocycles. The highest BCUT2D eigenvalue weighted by Gasteiger charge is 2.51. The Hall–Kier alpha value is -2.52. The van der Waals surface area contributed by atoms with Gasteiger partial charge >= 0.3 is 12.1 Å². The standard InChI is InChI=1S/C24H33NO8/c1-5-28-20(26)11-16-12-24(31-8-9-32-24)13-17(21(16)25-22(27)33-23(2,3)4)15-6-7-18-19(10-15)30-14-29-18/h6-7,10,16-17,21H,5,8-9,11-14H2,1-4H3,(H,25,27)/t16-,17-,21+/m0/s1. The van der Waals surface area contributed by atoms with Gasteiger partial charge in [-0.05, 0) is 51.3 Å². The van der Waals surface area contributed by atoms with Gasteiger partial charge < -0.3 is 33.7 Å². The Bertz CT molecular complexity index is 874. The summed E-state index contributed by atoms with van der Waals surface area (Å²) >= 11 is 0. The lowest BCUT2D eigenvalue weighted by atomic mass is 9.69. The van der Waals surface area contributed by atoms with E-state index in [9.17, 15) is 9.59 Å². The maximum absolute atomic E-state index is 12.8. The van der Waals surface area contributed by atoms with Gasteiger partial charge in [-0.1, -0.05) is 6.07 Å². The molecule has 2 aliphatic heterocycles. The number of carbonyl (C=O) groups excluding carboxylic acids is 2. The SMILES string of the molecule is CCOC(=O)C[C@H]1CC2(C[C@@H](c3ccc4c(c3)OCO4)[C@@H]1NC(=O)OC(C)(C)C)OCCO2. The van der Waals surface area contributed by atoms with Crippen LogP contribution in [0.5, 0.6) is 11.5 Å². The number of nitrogens with one attached hydrogen (secondary N) is 1. The fourth-order valence-electron chi connectivity index (χ4n) is 4.90. The molecule has 1 N–H and O–H groups in total. The van der Waals surface area contributed by atoms with Gasteiger partial charge in [0.15, 0.2) is 17.3 Å². The van der Waals surface area contributed by atoms with Crippen LogP contribution in [0.25, 0.3) is 0 Å². The summed E-state index contributed by atoms with van der Waals surface area (Å²) in [6.45, 7) is 8.66. The topological polar surface area (TPSA) is 102 Å². The fraction of sp³-hybridized carbons (Fsp3) is 0.667. The van der Waals surface area contributed by atoms with Crippen molar-refractivity contribution in [1.29, 1.82) is 0 Å². The maximum Gasteiger partial charge on any atom is 0.407 e. The lowest BCUT2D eigenvalue weighted by Gasteiger charge is -2.46. The van der Waals surface area contributed by atoms with Crippen molar-refractivity contribution in [2.45, 2.75) is 70.3 Å². The van der Waals surface area contributed by atoms with Crippen LogP contribution >= 0.6 is 0 Å². The molecule has 0 unspecified atom stereocenters. The Balaban J connectivity index is 1.67. The Morgan fingerprint density at radius 1 is 1.12 bits per heavy atom. The van der Waals surface area contributed by atoms with Gasteiger partial charge in [-0.2, -0.15) is 0 Å². The Labute approximate surface area is 194 Å². The molecule has 0 bridgehead atoms. The van der Waals surface area contributed by atoms with Gasteiger partial charge in [-0.3, -0.25) is 4.79 Å². The lowest BCUT2D eigenvalue weighted by Crippen LogP contribution is -2.54. The number of hydrogen-bond acceptors (Lipinski definition) is 8. The van der Waals surface area contributed by atoms with Gasteiger partial charge in [0.2, 0.25) is 6.79 Å². The molecule has 9 heteroatoms. The highest BCUT2D eigenvalue weighted by Crippen LogP contribution is 2.48. The number of hydrogen-bond donors (Lipinski definition) is 1. The van der Waals surface area contributed by atoms with Gasteiger partial charge in [0.05, 0.1) is 26.2 Å². The molecule has 3 atom stereocenters. The van der Waals surface area contributed by atoms with Crippen LogP contribution in [0, 0.1) is 5.92 Å². The highest BCUT2D eigenvalue weighted by molar-refractivity contribution is 5.71. The summed E-state index contributed by atoms with van der Waals surface area (Å²) in [7, 11) is 0. The van der Waals surface area contributed by atoms with Crippen molar-refractivity contribution >= 4 is 12.1 Å². The Morgan fingerprint density at radius 3 is 2.55 bits per heavy atom. The smallest absolute Gasteiger partial charge is 0.407 e. The molecule has 9 nitrogen and oxygen atoms in total. The normalized spacial score (nSPS) is 25.6. The summed E-state index contributed by atoms with van der Waals surface area (Å²) < 4.78 is 33.9. The fourth-order valence-corrected chi connectivity index (χ4v) is 4.90. The van der Waals surface area contributed by atoms with E-state index in [1.807, 2.05) is 39.0 Å². The molecule has 1 amide bonds. The predicted molar refractivity (Wildman–Crippen MR) is 117 cm³/mol. The second-order valence-corrected chi connectivity index (χ2v) is 9.68. The highest BCUT2D eigenvalue weighted by atomic mass is 16.7. The molecule has 1 aliphatic carbocycles. The van der Waals surface area contributed by atoms with Crippen LogP contribution in [0.1, 0.15) is 58.4 Å². The largest absolute Gasteiger partial charge is 0.466 e. The number of benzene rings is 1. The van der Waals surface area contributed by atoms with Crippen molar-refractivity contribution in [3.05, 3.63) is 23.8 Å². The zero-order chi connectivity index (χ0) is 23.6. The minimum atomic E-state index is -0.815. The number of amides is 1. The quantitative estimate of drug-likeness (QED) is 0.662. The molecule has 33 heavy (non-hydrogen) atoms. The summed E-state index contributed by atoms with van der Waals surface area (Å²) in [6, 6.07) is 5.34. The van der Waals surface area contributed by atoms with Gasteiger partial charge in [0.25, 0.3) is 0 Å². The van der Waals surface area contributed by atoms with Gasteiger partial charge in [-0.15, -0.1) is 0 Å². The van der Waals surface area contributed by atoms with Gasteiger partial charge in [-0.25, -0.2) is 4.79 Å². The average molecular weight is 464 g/mol.